The molecule has 0 spiro atoms. The molecule has 12 heavy (non-hydrogen) atoms. The van der Waals surface area contributed by atoms with Crippen LogP contribution in [-0.2, 0) is 0 Å². The van der Waals surface area contributed by atoms with E-state index in [1.165, 1.54) is 14.2 Å². The number of rotatable bonds is 2. The van der Waals surface area contributed by atoms with Crippen LogP contribution in [0.3, 0.4) is 0 Å². The first-order chi connectivity index (χ1) is 5.69. The summed E-state index contributed by atoms with van der Waals surface area (Å²) in [5, 5.41) is 9.43. The molecule has 0 aliphatic rings. The monoisotopic (exact) mass is 186 g/mol. The van der Waals surface area contributed by atoms with Crippen LogP contribution in [0.4, 0.5) is 0 Å². The van der Waals surface area contributed by atoms with Crippen molar-refractivity contribution in [2.75, 3.05) is 14.2 Å². The van der Waals surface area contributed by atoms with E-state index in [1.807, 2.05) is 0 Å². The Morgan fingerprint density at radius 2 is 1.58 bits per heavy atom. The zero-order valence-corrected chi connectivity index (χ0v) is 7.76. The van der Waals surface area contributed by atoms with Gasteiger partial charge in [-0.15, -0.1) is 12.6 Å². The molecule has 1 rings (SSSR count). The molecule has 0 saturated heterocycles. The third kappa shape index (κ3) is 1.58. The Hall–Kier alpha value is -1.03. The van der Waals surface area contributed by atoms with Gasteiger partial charge in [0, 0.05) is 4.90 Å². The van der Waals surface area contributed by atoms with Gasteiger partial charge in [0.1, 0.15) is 0 Å². The smallest absolute Gasteiger partial charge is 0.200 e. The molecule has 0 saturated carbocycles. The molecule has 1 aromatic rings. The fourth-order valence-corrected chi connectivity index (χ4v) is 1.11. The first kappa shape index (κ1) is 9.06. The van der Waals surface area contributed by atoms with Crippen molar-refractivity contribution in [1.29, 1.82) is 0 Å². The first-order valence-electron chi connectivity index (χ1n) is 3.33. The molecule has 0 fully saturated rings. The molecule has 0 heterocycles. The average Bonchev–Trinajstić information content (AvgIpc) is 2.08. The van der Waals surface area contributed by atoms with Crippen molar-refractivity contribution in [2.24, 2.45) is 0 Å². The minimum atomic E-state index is -0.00204. The number of benzene rings is 1. The largest absolute Gasteiger partial charge is 0.502 e. The van der Waals surface area contributed by atoms with E-state index in [9.17, 15) is 5.11 Å². The van der Waals surface area contributed by atoms with Gasteiger partial charge in [0.25, 0.3) is 0 Å². The maximum absolute atomic E-state index is 9.43. The van der Waals surface area contributed by atoms with Gasteiger partial charge in [-0.05, 0) is 12.1 Å². The maximum atomic E-state index is 9.43. The highest BCUT2D eigenvalue weighted by Crippen LogP contribution is 2.37. The molecule has 3 nitrogen and oxygen atoms in total. The molecule has 4 heteroatoms. The molecule has 1 aromatic carbocycles. The molecule has 1 N–H and O–H groups in total. The lowest BCUT2D eigenvalue weighted by atomic mass is 10.3. The van der Waals surface area contributed by atoms with Gasteiger partial charge in [-0.1, -0.05) is 0 Å². The summed E-state index contributed by atoms with van der Waals surface area (Å²) in [6.45, 7) is 0. The van der Waals surface area contributed by atoms with Gasteiger partial charge in [-0.3, -0.25) is 0 Å². The van der Waals surface area contributed by atoms with Crippen molar-refractivity contribution in [3.05, 3.63) is 12.1 Å². The molecule has 0 aliphatic carbocycles. The van der Waals surface area contributed by atoms with Crippen molar-refractivity contribution in [3.63, 3.8) is 0 Å². The van der Waals surface area contributed by atoms with Crippen LogP contribution in [0.2, 0.25) is 0 Å². The molecule has 0 amide bonds. The lowest BCUT2D eigenvalue weighted by Gasteiger charge is -2.08. The van der Waals surface area contributed by atoms with E-state index < -0.39 is 0 Å². The number of hydrogen-bond acceptors (Lipinski definition) is 4. The van der Waals surface area contributed by atoms with Gasteiger partial charge in [0.2, 0.25) is 5.75 Å². The summed E-state index contributed by atoms with van der Waals surface area (Å²) in [6, 6.07) is 3.22. The number of aromatic hydroxyl groups is 1. The zero-order valence-electron chi connectivity index (χ0n) is 6.87. The number of hydrogen-bond donors (Lipinski definition) is 2. The second-order valence-electron chi connectivity index (χ2n) is 2.20. The van der Waals surface area contributed by atoms with Crippen LogP contribution in [0.5, 0.6) is 17.2 Å². The average molecular weight is 186 g/mol. The summed E-state index contributed by atoms with van der Waals surface area (Å²) < 4.78 is 9.78. The Balaban J connectivity index is 3.22. The summed E-state index contributed by atoms with van der Waals surface area (Å²) in [4.78, 5) is 0.682. The van der Waals surface area contributed by atoms with Crippen LogP contribution in [0.15, 0.2) is 17.0 Å². The van der Waals surface area contributed by atoms with Gasteiger partial charge in [-0.25, -0.2) is 0 Å². The highest BCUT2D eigenvalue weighted by Gasteiger charge is 2.08. The molecule has 0 aliphatic heterocycles. The summed E-state index contributed by atoms with van der Waals surface area (Å²) in [7, 11) is 2.95. The number of phenolic OH excluding ortho intramolecular Hbond substituents is 1. The Kier molecular flexibility index (Phi) is 2.70. The van der Waals surface area contributed by atoms with E-state index in [2.05, 4.69) is 12.6 Å². The predicted octanol–water partition coefficient (Wildman–Crippen LogP) is 1.70. The highest BCUT2D eigenvalue weighted by atomic mass is 32.1. The minimum Gasteiger partial charge on any atom is -0.502 e. The summed E-state index contributed by atoms with van der Waals surface area (Å²) in [6.07, 6.45) is 0. The van der Waals surface area contributed by atoms with Gasteiger partial charge in [0.15, 0.2) is 11.5 Å². The Morgan fingerprint density at radius 3 is 1.92 bits per heavy atom. The van der Waals surface area contributed by atoms with E-state index in [-0.39, 0.29) is 5.75 Å². The zero-order chi connectivity index (χ0) is 9.14. The number of thiol groups is 1. The maximum Gasteiger partial charge on any atom is 0.200 e. The fraction of sp³-hybridized carbons (Fsp3) is 0.250. The standard InChI is InChI=1S/C8H10O3S/c1-10-6-3-5(12)4-7(11-2)8(6)9/h3-4,9,12H,1-2H3. The van der Waals surface area contributed by atoms with E-state index in [0.29, 0.717) is 16.4 Å². The molecular weight excluding hydrogens is 176 g/mol. The van der Waals surface area contributed by atoms with Crippen molar-refractivity contribution in [1.82, 2.24) is 0 Å². The van der Waals surface area contributed by atoms with Gasteiger partial charge >= 0.3 is 0 Å². The van der Waals surface area contributed by atoms with E-state index in [0.717, 1.165) is 0 Å². The second kappa shape index (κ2) is 3.58. The minimum absolute atomic E-state index is 0.00204. The summed E-state index contributed by atoms with van der Waals surface area (Å²) >= 11 is 4.11. The van der Waals surface area contributed by atoms with Gasteiger partial charge < -0.3 is 14.6 Å². The van der Waals surface area contributed by atoms with Crippen LogP contribution in [-0.4, -0.2) is 19.3 Å². The quantitative estimate of drug-likeness (QED) is 0.690. The first-order valence-corrected chi connectivity index (χ1v) is 3.77. The summed E-state index contributed by atoms with van der Waals surface area (Å²) in [5.74, 6) is 0.719. The van der Waals surface area contributed by atoms with E-state index >= 15 is 0 Å². The third-order valence-electron chi connectivity index (χ3n) is 1.46. The Morgan fingerprint density at radius 1 is 1.17 bits per heavy atom. The molecule has 0 unspecified atom stereocenters. The summed E-state index contributed by atoms with van der Waals surface area (Å²) in [5.41, 5.74) is 0. The molecule has 0 atom stereocenters. The Bertz CT molecular complexity index is 261. The topological polar surface area (TPSA) is 38.7 Å². The number of ether oxygens (including phenoxy) is 2. The molecule has 66 valence electrons. The van der Waals surface area contributed by atoms with Crippen LogP contribution < -0.4 is 9.47 Å². The molecule has 0 bridgehead atoms. The fourth-order valence-electron chi connectivity index (χ4n) is 0.880. The van der Waals surface area contributed by atoms with Crippen LogP contribution >= 0.6 is 12.6 Å². The molecular formula is C8H10O3S. The van der Waals surface area contributed by atoms with Crippen molar-refractivity contribution in [3.8, 4) is 17.2 Å². The Labute approximate surface area is 76.3 Å². The lowest BCUT2D eigenvalue weighted by molar-refractivity contribution is 0.338. The van der Waals surface area contributed by atoms with Crippen LogP contribution in [0.25, 0.3) is 0 Å². The van der Waals surface area contributed by atoms with Gasteiger partial charge in [-0.2, -0.15) is 0 Å². The normalized spacial score (nSPS) is 9.58. The van der Waals surface area contributed by atoms with E-state index in [4.69, 9.17) is 9.47 Å². The van der Waals surface area contributed by atoms with E-state index in [1.54, 1.807) is 12.1 Å². The predicted molar refractivity (Wildman–Crippen MR) is 48.5 cm³/mol. The van der Waals surface area contributed by atoms with Gasteiger partial charge in [0.05, 0.1) is 14.2 Å². The van der Waals surface area contributed by atoms with Crippen LogP contribution in [0, 0.1) is 0 Å². The SMILES string of the molecule is COc1cc(S)cc(OC)c1O. The van der Waals surface area contributed by atoms with Crippen molar-refractivity contribution >= 4 is 12.6 Å². The van der Waals surface area contributed by atoms with Crippen LogP contribution in [0.1, 0.15) is 0 Å². The lowest BCUT2D eigenvalue weighted by Crippen LogP contribution is -1.88. The van der Waals surface area contributed by atoms with Crippen molar-refractivity contribution in [2.45, 2.75) is 4.90 Å². The van der Waals surface area contributed by atoms with Crippen molar-refractivity contribution < 1.29 is 14.6 Å². The molecule has 0 aromatic heterocycles. The second-order valence-corrected chi connectivity index (χ2v) is 2.72. The third-order valence-corrected chi connectivity index (χ3v) is 1.72. The number of phenols is 1. The molecule has 0 radical (unpaired) electrons. The number of methoxy groups -OCH3 is 2. The highest BCUT2D eigenvalue weighted by molar-refractivity contribution is 7.80.